The highest BCUT2D eigenvalue weighted by atomic mass is 16.6. The predicted molar refractivity (Wildman–Crippen MR) is 88.0 cm³/mol. The van der Waals surface area contributed by atoms with E-state index in [0.29, 0.717) is 11.3 Å². The topological polar surface area (TPSA) is 75.5 Å². The van der Waals surface area contributed by atoms with Crippen molar-refractivity contribution in [3.05, 3.63) is 33.9 Å². The maximum atomic E-state index is 12.1. The Morgan fingerprint density at radius 3 is 2.50 bits per heavy atom. The molecule has 0 heterocycles. The summed E-state index contributed by atoms with van der Waals surface area (Å²) >= 11 is 0. The fraction of sp³-hybridized carbons (Fsp3) is 0.562. The van der Waals surface area contributed by atoms with Crippen LogP contribution in [0.1, 0.15) is 33.3 Å². The fourth-order valence-corrected chi connectivity index (χ4v) is 2.11. The molecule has 1 unspecified atom stereocenters. The zero-order valence-corrected chi connectivity index (χ0v) is 14.1. The van der Waals surface area contributed by atoms with Crippen molar-refractivity contribution < 1.29 is 9.72 Å². The van der Waals surface area contributed by atoms with Gasteiger partial charge in [0.15, 0.2) is 0 Å². The molecule has 1 aromatic rings. The van der Waals surface area contributed by atoms with Crippen molar-refractivity contribution in [2.24, 2.45) is 5.41 Å². The zero-order valence-electron chi connectivity index (χ0n) is 14.1. The molecule has 0 bridgehead atoms. The van der Waals surface area contributed by atoms with Crippen molar-refractivity contribution in [1.29, 1.82) is 0 Å². The Bertz CT molecular complexity index is 564. The average Bonchev–Trinajstić information content (AvgIpc) is 2.38. The quantitative estimate of drug-likeness (QED) is 0.669. The lowest BCUT2D eigenvalue weighted by molar-refractivity contribution is -0.385. The Morgan fingerprint density at radius 2 is 2.00 bits per heavy atom. The fourth-order valence-electron chi connectivity index (χ4n) is 2.11. The molecule has 6 nitrogen and oxygen atoms in total. The maximum absolute atomic E-state index is 12.1. The number of carbonyl (C=O) groups is 1. The van der Waals surface area contributed by atoms with Crippen LogP contribution in [0, 0.1) is 22.5 Å². The van der Waals surface area contributed by atoms with Crippen LogP contribution in [0.15, 0.2) is 18.2 Å². The van der Waals surface area contributed by atoms with E-state index in [9.17, 15) is 14.9 Å². The molecule has 1 amide bonds. The average molecular weight is 307 g/mol. The van der Waals surface area contributed by atoms with Gasteiger partial charge in [-0.15, -0.1) is 0 Å². The van der Waals surface area contributed by atoms with Crippen molar-refractivity contribution in [2.75, 3.05) is 18.9 Å². The molecular weight excluding hydrogens is 282 g/mol. The van der Waals surface area contributed by atoms with Crippen LogP contribution in [0.4, 0.5) is 11.4 Å². The van der Waals surface area contributed by atoms with E-state index in [-0.39, 0.29) is 29.6 Å². The molecule has 1 aromatic carbocycles. The number of carbonyl (C=O) groups excluding carboxylic acids is 1. The first-order valence-corrected chi connectivity index (χ1v) is 7.27. The van der Waals surface area contributed by atoms with Gasteiger partial charge in [0.05, 0.1) is 11.5 Å². The van der Waals surface area contributed by atoms with E-state index in [1.165, 1.54) is 6.07 Å². The van der Waals surface area contributed by atoms with Gasteiger partial charge >= 0.3 is 0 Å². The molecule has 0 radical (unpaired) electrons. The van der Waals surface area contributed by atoms with E-state index in [1.54, 1.807) is 19.1 Å². The molecule has 0 aliphatic carbocycles. The third-order valence-corrected chi connectivity index (χ3v) is 4.00. The van der Waals surface area contributed by atoms with Crippen LogP contribution in [-0.4, -0.2) is 35.4 Å². The largest absolute Gasteiger partial charge is 0.325 e. The number of rotatable bonds is 5. The van der Waals surface area contributed by atoms with Gasteiger partial charge in [0, 0.05) is 23.4 Å². The smallest absolute Gasteiger partial charge is 0.274 e. The third-order valence-electron chi connectivity index (χ3n) is 4.00. The zero-order chi connectivity index (χ0) is 17.1. The standard InChI is InChI=1S/C16H25N3O3/c1-11-7-8-13(9-14(11)19(21)22)17-15(20)10-18(6)12(2)16(3,4)5/h7-9,12H,10H2,1-6H3,(H,17,20). The van der Waals surface area contributed by atoms with E-state index in [1.807, 2.05) is 11.9 Å². The predicted octanol–water partition coefficient (Wildman–Crippen LogP) is 3.21. The molecule has 22 heavy (non-hydrogen) atoms. The number of nitro groups is 1. The highest BCUT2D eigenvalue weighted by Crippen LogP contribution is 2.24. The van der Waals surface area contributed by atoms with Crippen LogP contribution < -0.4 is 5.32 Å². The number of hydrogen-bond acceptors (Lipinski definition) is 4. The molecule has 1 atom stereocenters. The molecule has 0 spiro atoms. The van der Waals surface area contributed by atoms with Gasteiger partial charge in [-0.1, -0.05) is 26.8 Å². The normalized spacial score (nSPS) is 13.0. The molecule has 0 aromatic heterocycles. The molecule has 0 aliphatic rings. The summed E-state index contributed by atoms with van der Waals surface area (Å²) in [5.74, 6) is -0.184. The van der Waals surface area contributed by atoms with E-state index >= 15 is 0 Å². The third kappa shape index (κ3) is 4.80. The second-order valence-electron chi connectivity index (χ2n) is 6.76. The number of benzene rings is 1. The number of anilines is 1. The van der Waals surface area contributed by atoms with Crippen LogP contribution in [-0.2, 0) is 4.79 Å². The van der Waals surface area contributed by atoms with Gasteiger partial charge in [-0.05, 0) is 32.4 Å². The molecule has 0 aliphatic heterocycles. The number of aryl methyl sites for hydroxylation is 1. The minimum atomic E-state index is -0.446. The van der Waals surface area contributed by atoms with Crippen molar-refractivity contribution in [2.45, 2.75) is 40.7 Å². The monoisotopic (exact) mass is 307 g/mol. The van der Waals surface area contributed by atoms with E-state index in [4.69, 9.17) is 0 Å². The highest BCUT2D eigenvalue weighted by molar-refractivity contribution is 5.92. The van der Waals surface area contributed by atoms with E-state index in [2.05, 4.69) is 33.0 Å². The van der Waals surface area contributed by atoms with Gasteiger partial charge < -0.3 is 5.32 Å². The second kappa shape index (κ2) is 6.87. The summed E-state index contributed by atoms with van der Waals surface area (Å²) in [6.45, 7) is 10.3. The summed E-state index contributed by atoms with van der Waals surface area (Å²) in [6.07, 6.45) is 0. The van der Waals surface area contributed by atoms with Gasteiger partial charge in [0.2, 0.25) is 5.91 Å². The van der Waals surface area contributed by atoms with Crippen molar-refractivity contribution >= 4 is 17.3 Å². The first kappa shape index (κ1) is 18.1. The lowest BCUT2D eigenvalue weighted by Crippen LogP contribution is -2.43. The van der Waals surface area contributed by atoms with Gasteiger partial charge in [-0.2, -0.15) is 0 Å². The maximum Gasteiger partial charge on any atom is 0.274 e. The summed E-state index contributed by atoms with van der Waals surface area (Å²) in [6, 6.07) is 4.92. The lowest BCUT2D eigenvalue weighted by Gasteiger charge is -2.34. The number of amides is 1. The SMILES string of the molecule is Cc1ccc(NC(=O)CN(C)C(C)C(C)(C)C)cc1[N+](=O)[O-]. The van der Waals surface area contributed by atoms with Gasteiger partial charge in [0.25, 0.3) is 5.69 Å². The molecule has 1 N–H and O–H groups in total. The molecule has 0 saturated carbocycles. The summed E-state index contributed by atoms with van der Waals surface area (Å²) in [4.78, 5) is 24.5. The molecule has 0 fully saturated rings. The Hall–Kier alpha value is -1.95. The highest BCUT2D eigenvalue weighted by Gasteiger charge is 2.25. The van der Waals surface area contributed by atoms with Gasteiger partial charge in [0.1, 0.15) is 0 Å². The van der Waals surface area contributed by atoms with Crippen molar-refractivity contribution in [1.82, 2.24) is 4.90 Å². The van der Waals surface area contributed by atoms with Gasteiger partial charge in [-0.3, -0.25) is 19.8 Å². The van der Waals surface area contributed by atoms with Crippen LogP contribution in [0.3, 0.4) is 0 Å². The lowest BCUT2D eigenvalue weighted by atomic mass is 9.87. The summed E-state index contributed by atoms with van der Waals surface area (Å²) < 4.78 is 0. The van der Waals surface area contributed by atoms with Crippen LogP contribution in [0.5, 0.6) is 0 Å². The minimum Gasteiger partial charge on any atom is -0.325 e. The number of nitrogens with one attached hydrogen (secondary N) is 1. The van der Waals surface area contributed by atoms with Crippen LogP contribution >= 0.6 is 0 Å². The summed E-state index contributed by atoms with van der Waals surface area (Å²) in [5, 5.41) is 13.6. The second-order valence-corrected chi connectivity index (χ2v) is 6.76. The Labute approximate surface area is 131 Å². The molecule has 122 valence electrons. The number of likely N-dealkylation sites (N-methyl/N-ethyl adjacent to an activating group) is 1. The Kier molecular flexibility index (Phi) is 5.65. The van der Waals surface area contributed by atoms with E-state index < -0.39 is 4.92 Å². The Balaban J connectivity index is 2.74. The molecule has 1 rings (SSSR count). The van der Waals surface area contributed by atoms with Crippen molar-refractivity contribution in [3.63, 3.8) is 0 Å². The van der Waals surface area contributed by atoms with Gasteiger partial charge in [-0.25, -0.2) is 0 Å². The first-order valence-electron chi connectivity index (χ1n) is 7.27. The van der Waals surface area contributed by atoms with E-state index in [0.717, 1.165) is 0 Å². The van der Waals surface area contributed by atoms with Crippen LogP contribution in [0.2, 0.25) is 0 Å². The number of nitrogens with zero attached hydrogens (tertiary/aromatic N) is 2. The summed E-state index contributed by atoms with van der Waals surface area (Å²) in [7, 11) is 1.90. The Morgan fingerprint density at radius 1 is 1.41 bits per heavy atom. The number of nitro benzene ring substituents is 1. The molecular formula is C16H25N3O3. The summed E-state index contributed by atoms with van der Waals surface area (Å²) in [5.41, 5.74) is 1.09. The van der Waals surface area contributed by atoms with Crippen molar-refractivity contribution in [3.8, 4) is 0 Å². The van der Waals surface area contributed by atoms with Crippen LogP contribution in [0.25, 0.3) is 0 Å². The molecule has 0 saturated heterocycles. The first-order chi connectivity index (χ1) is 10.0. The minimum absolute atomic E-state index is 0.00853. The number of hydrogen-bond donors (Lipinski definition) is 1. The molecule has 6 heteroatoms.